The monoisotopic (exact) mass is 353 g/mol. The Balaban J connectivity index is 2.12. The van der Waals surface area contributed by atoms with Gasteiger partial charge in [-0.25, -0.2) is 4.98 Å². The van der Waals surface area contributed by atoms with Crippen LogP contribution < -0.4 is 5.32 Å². The number of amides is 1. The fourth-order valence-corrected chi connectivity index (χ4v) is 3.36. The topological polar surface area (TPSA) is 82.8 Å². The number of allylic oxidation sites excluding steroid dienone is 1. The highest BCUT2D eigenvalue weighted by Gasteiger charge is 2.22. The predicted octanol–water partition coefficient (Wildman–Crippen LogP) is 3.86. The number of ketones is 1. The van der Waals surface area contributed by atoms with Crippen LogP contribution in [0.3, 0.4) is 0 Å². The lowest BCUT2D eigenvalue weighted by molar-refractivity contribution is -0.115. The van der Waals surface area contributed by atoms with Crippen molar-refractivity contribution in [2.75, 3.05) is 5.32 Å². The minimum Gasteiger partial charge on any atom is -0.326 e. The van der Waals surface area contributed by atoms with Gasteiger partial charge in [0.15, 0.2) is 11.7 Å². The van der Waals surface area contributed by atoms with Crippen molar-refractivity contribution in [3.63, 3.8) is 0 Å². The average Bonchev–Trinajstić information content (AvgIpc) is 2.95. The molecule has 0 aliphatic carbocycles. The summed E-state index contributed by atoms with van der Waals surface area (Å²) >= 11 is 1.40. The summed E-state index contributed by atoms with van der Waals surface area (Å²) in [5.74, 6) is -1.30. The molecule has 1 heterocycles. The van der Waals surface area contributed by atoms with E-state index in [1.807, 2.05) is 19.9 Å². The molecule has 0 spiro atoms. The van der Waals surface area contributed by atoms with Gasteiger partial charge in [-0.1, -0.05) is 25.1 Å². The van der Waals surface area contributed by atoms with Gasteiger partial charge in [0.1, 0.15) is 5.01 Å². The summed E-state index contributed by atoms with van der Waals surface area (Å²) in [5.41, 5.74) is 2.44. The Bertz CT molecular complexity index is 845. The summed E-state index contributed by atoms with van der Waals surface area (Å²) in [5, 5.41) is 12.6. The first-order valence-corrected chi connectivity index (χ1v) is 8.71. The Morgan fingerprint density at radius 3 is 2.56 bits per heavy atom. The van der Waals surface area contributed by atoms with Gasteiger partial charge in [0.25, 0.3) is 0 Å². The molecule has 25 heavy (non-hydrogen) atoms. The summed E-state index contributed by atoms with van der Waals surface area (Å²) in [6, 6.07) is 9.14. The summed E-state index contributed by atoms with van der Waals surface area (Å²) < 4.78 is 0. The first-order valence-electron chi connectivity index (χ1n) is 7.90. The van der Waals surface area contributed by atoms with Crippen molar-refractivity contribution >= 4 is 34.8 Å². The van der Waals surface area contributed by atoms with Crippen molar-refractivity contribution in [3.8, 4) is 6.07 Å². The molecule has 2 rings (SSSR count). The molecule has 1 N–H and O–H groups in total. The van der Waals surface area contributed by atoms with Crippen LogP contribution in [0.1, 0.15) is 40.9 Å². The molecule has 0 fully saturated rings. The van der Waals surface area contributed by atoms with Crippen LogP contribution in [0.5, 0.6) is 0 Å². The van der Waals surface area contributed by atoms with Crippen molar-refractivity contribution in [1.29, 1.82) is 5.26 Å². The first-order chi connectivity index (χ1) is 11.9. The zero-order chi connectivity index (χ0) is 18.4. The van der Waals surface area contributed by atoms with Crippen molar-refractivity contribution in [3.05, 3.63) is 51.5 Å². The number of aromatic nitrogens is 1. The molecule has 1 amide bonds. The molecule has 0 aliphatic rings. The van der Waals surface area contributed by atoms with E-state index in [9.17, 15) is 14.9 Å². The molecule has 2 aromatic rings. The van der Waals surface area contributed by atoms with Gasteiger partial charge in [0, 0.05) is 17.5 Å². The van der Waals surface area contributed by atoms with E-state index < -0.39 is 5.92 Å². The van der Waals surface area contributed by atoms with E-state index in [0.717, 1.165) is 22.6 Å². The number of nitriles is 1. The van der Waals surface area contributed by atoms with E-state index in [4.69, 9.17) is 0 Å². The van der Waals surface area contributed by atoms with Crippen LogP contribution in [0.25, 0.3) is 6.08 Å². The molecule has 6 heteroatoms. The zero-order valence-corrected chi connectivity index (χ0v) is 15.2. The normalized spacial score (nSPS) is 11.9. The van der Waals surface area contributed by atoms with Crippen molar-refractivity contribution in [2.45, 2.75) is 33.1 Å². The van der Waals surface area contributed by atoms with Gasteiger partial charge in [-0.2, -0.15) is 5.26 Å². The number of carbonyl (C=O) groups excluding carboxylic acids is 2. The third-order valence-corrected chi connectivity index (χ3v) is 4.65. The van der Waals surface area contributed by atoms with Crippen molar-refractivity contribution in [2.24, 2.45) is 0 Å². The van der Waals surface area contributed by atoms with E-state index in [2.05, 4.69) is 10.3 Å². The molecule has 128 valence electrons. The Labute approximate surface area is 151 Å². The number of aryl methyl sites for hydroxylation is 2. The maximum atomic E-state index is 12.4. The summed E-state index contributed by atoms with van der Waals surface area (Å²) in [6.45, 7) is 5.39. The molecule has 0 radical (unpaired) electrons. The Kier molecular flexibility index (Phi) is 6.20. The lowest BCUT2D eigenvalue weighted by atomic mass is 10.1. The van der Waals surface area contributed by atoms with E-state index >= 15 is 0 Å². The highest BCUT2D eigenvalue weighted by Crippen LogP contribution is 2.26. The highest BCUT2D eigenvalue weighted by molar-refractivity contribution is 7.12. The largest absolute Gasteiger partial charge is 0.326 e. The molecule has 0 aliphatic heterocycles. The first kappa shape index (κ1) is 18.6. The van der Waals surface area contributed by atoms with E-state index in [1.165, 1.54) is 24.3 Å². The molecule has 1 aromatic carbocycles. The van der Waals surface area contributed by atoms with Crippen LogP contribution in [0.4, 0.5) is 5.69 Å². The molecule has 1 aromatic heterocycles. The van der Waals surface area contributed by atoms with Gasteiger partial charge >= 0.3 is 0 Å². The standard InChI is InChI=1S/C19H19N3O2S/c1-4-17-12(2)25-19(22-17)16(11-20)18(24)10-7-14-5-8-15(9-6-14)21-13(3)23/h5-10,16H,4H2,1-3H3,(H,21,23)/b10-7+. The number of carbonyl (C=O) groups is 2. The second-order valence-corrected chi connectivity index (χ2v) is 6.74. The fourth-order valence-electron chi connectivity index (χ4n) is 2.30. The molecular weight excluding hydrogens is 334 g/mol. The number of anilines is 1. The fraction of sp³-hybridized carbons (Fsp3) is 0.263. The summed E-state index contributed by atoms with van der Waals surface area (Å²) in [6.07, 6.45) is 3.85. The van der Waals surface area contributed by atoms with Crippen LogP contribution in [0, 0.1) is 18.3 Å². The van der Waals surface area contributed by atoms with Gasteiger partial charge in [-0.15, -0.1) is 11.3 Å². The second kappa shape index (κ2) is 8.36. The third kappa shape index (κ3) is 4.85. The van der Waals surface area contributed by atoms with Gasteiger partial charge in [-0.05, 0) is 37.1 Å². The zero-order valence-electron chi connectivity index (χ0n) is 14.4. The van der Waals surface area contributed by atoms with Gasteiger partial charge in [-0.3, -0.25) is 9.59 Å². The van der Waals surface area contributed by atoms with Crippen LogP contribution in [-0.2, 0) is 16.0 Å². The van der Waals surface area contributed by atoms with Gasteiger partial charge in [0.2, 0.25) is 5.91 Å². The molecule has 0 saturated heterocycles. The van der Waals surface area contributed by atoms with E-state index in [-0.39, 0.29) is 11.7 Å². The summed E-state index contributed by atoms with van der Waals surface area (Å²) in [4.78, 5) is 28.8. The average molecular weight is 353 g/mol. The van der Waals surface area contributed by atoms with Gasteiger partial charge in [0.05, 0.1) is 11.8 Å². The number of hydrogen-bond acceptors (Lipinski definition) is 5. The Morgan fingerprint density at radius 2 is 2.04 bits per heavy atom. The van der Waals surface area contributed by atoms with E-state index in [1.54, 1.807) is 30.3 Å². The number of hydrogen-bond donors (Lipinski definition) is 1. The summed E-state index contributed by atoms with van der Waals surface area (Å²) in [7, 11) is 0. The van der Waals surface area contributed by atoms with Crippen LogP contribution in [0.2, 0.25) is 0 Å². The molecule has 1 atom stereocenters. The number of rotatable bonds is 6. The minimum absolute atomic E-state index is 0.138. The minimum atomic E-state index is -0.876. The maximum absolute atomic E-state index is 12.4. The van der Waals surface area contributed by atoms with Crippen LogP contribution in [-0.4, -0.2) is 16.7 Å². The van der Waals surface area contributed by atoms with Crippen LogP contribution in [0.15, 0.2) is 30.3 Å². The predicted molar refractivity (Wildman–Crippen MR) is 99.4 cm³/mol. The molecule has 1 unspecified atom stereocenters. The quantitative estimate of drug-likeness (QED) is 0.799. The van der Waals surface area contributed by atoms with Crippen molar-refractivity contribution in [1.82, 2.24) is 4.98 Å². The second-order valence-electron chi connectivity index (χ2n) is 5.51. The lowest BCUT2D eigenvalue weighted by Gasteiger charge is -2.02. The smallest absolute Gasteiger partial charge is 0.221 e. The molecule has 5 nitrogen and oxygen atoms in total. The molecular formula is C19H19N3O2S. The third-order valence-electron chi connectivity index (χ3n) is 3.58. The van der Waals surface area contributed by atoms with Crippen molar-refractivity contribution < 1.29 is 9.59 Å². The number of nitrogens with zero attached hydrogens (tertiary/aromatic N) is 2. The molecule has 0 bridgehead atoms. The van der Waals surface area contributed by atoms with E-state index in [0.29, 0.717) is 10.7 Å². The SMILES string of the molecule is CCc1nc(C(C#N)C(=O)/C=C/c2ccc(NC(C)=O)cc2)sc1C. The highest BCUT2D eigenvalue weighted by atomic mass is 32.1. The van der Waals surface area contributed by atoms with Crippen LogP contribution >= 0.6 is 11.3 Å². The molecule has 0 saturated carbocycles. The van der Waals surface area contributed by atoms with Gasteiger partial charge < -0.3 is 5.32 Å². The maximum Gasteiger partial charge on any atom is 0.221 e. The Morgan fingerprint density at radius 1 is 1.36 bits per heavy atom. The lowest BCUT2D eigenvalue weighted by Crippen LogP contribution is -2.07. The number of benzene rings is 1. The number of nitrogens with one attached hydrogen (secondary N) is 1. The Hall–Kier alpha value is -2.78. The number of thiazole rings is 1.